The van der Waals surface area contributed by atoms with Gasteiger partial charge >= 0.3 is 0 Å². The van der Waals surface area contributed by atoms with Crippen molar-refractivity contribution in [3.05, 3.63) is 21.9 Å². The molecular formula is C13H22N4O2S. The van der Waals surface area contributed by atoms with Crippen molar-refractivity contribution < 1.29 is 9.59 Å². The van der Waals surface area contributed by atoms with Gasteiger partial charge in [0, 0.05) is 20.6 Å². The second-order valence-corrected chi connectivity index (χ2v) is 5.66. The zero-order valence-corrected chi connectivity index (χ0v) is 13.0. The molecule has 0 aliphatic rings. The molecule has 7 heteroatoms. The van der Waals surface area contributed by atoms with Gasteiger partial charge in [-0.15, -0.1) is 11.3 Å². The van der Waals surface area contributed by atoms with Gasteiger partial charge in [-0.25, -0.2) is 5.84 Å². The van der Waals surface area contributed by atoms with Crippen molar-refractivity contribution in [2.24, 2.45) is 5.84 Å². The van der Waals surface area contributed by atoms with E-state index in [0.29, 0.717) is 18.0 Å². The molecule has 0 atom stereocenters. The van der Waals surface area contributed by atoms with E-state index >= 15 is 0 Å². The predicted molar refractivity (Wildman–Crippen MR) is 80.2 cm³/mol. The van der Waals surface area contributed by atoms with Crippen LogP contribution in [-0.2, 0) is 11.3 Å². The summed E-state index contributed by atoms with van der Waals surface area (Å²) in [6.07, 6.45) is 0.948. The highest BCUT2D eigenvalue weighted by Gasteiger charge is 2.17. The standard InChI is InChI=1S/C13H22N4O2S/c1-4-6-17(9-11(18)16(2)3)8-10-5-7-20-12(10)13(19)15-14/h5,7H,4,6,8-9,14H2,1-3H3,(H,15,19). The fourth-order valence-electron chi connectivity index (χ4n) is 1.83. The summed E-state index contributed by atoms with van der Waals surface area (Å²) in [7, 11) is 3.48. The van der Waals surface area contributed by atoms with Gasteiger partial charge in [-0.1, -0.05) is 6.92 Å². The highest BCUT2D eigenvalue weighted by molar-refractivity contribution is 7.12. The summed E-state index contributed by atoms with van der Waals surface area (Å²) >= 11 is 1.35. The van der Waals surface area contributed by atoms with Crippen molar-refractivity contribution in [1.29, 1.82) is 0 Å². The van der Waals surface area contributed by atoms with Crippen LogP contribution < -0.4 is 11.3 Å². The van der Waals surface area contributed by atoms with Crippen molar-refractivity contribution in [2.45, 2.75) is 19.9 Å². The Morgan fingerprint density at radius 2 is 2.10 bits per heavy atom. The monoisotopic (exact) mass is 298 g/mol. The van der Waals surface area contributed by atoms with E-state index in [1.807, 2.05) is 16.3 Å². The lowest BCUT2D eigenvalue weighted by molar-refractivity contribution is -0.130. The molecule has 1 heterocycles. The molecular weight excluding hydrogens is 276 g/mol. The van der Waals surface area contributed by atoms with E-state index in [1.165, 1.54) is 11.3 Å². The van der Waals surface area contributed by atoms with Gasteiger partial charge in [0.2, 0.25) is 5.91 Å². The van der Waals surface area contributed by atoms with Crippen LogP contribution in [0.1, 0.15) is 28.6 Å². The van der Waals surface area contributed by atoms with Gasteiger partial charge in [-0.2, -0.15) is 0 Å². The maximum atomic E-state index is 11.8. The number of hydrogen-bond donors (Lipinski definition) is 2. The van der Waals surface area contributed by atoms with Crippen LogP contribution in [0.25, 0.3) is 0 Å². The van der Waals surface area contributed by atoms with Crippen molar-refractivity contribution in [3.8, 4) is 0 Å². The SMILES string of the molecule is CCCN(CC(=O)N(C)C)Cc1ccsc1C(=O)NN. The molecule has 0 unspecified atom stereocenters. The van der Waals surface area contributed by atoms with Crippen LogP contribution >= 0.6 is 11.3 Å². The Morgan fingerprint density at radius 3 is 2.65 bits per heavy atom. The number of nitrogens with zero attached hydrogens (tertiary/aromatic N) is 2. The molecule has 0 aliphatic heterocycles. The minimum Gasteiger partial charge on any atom is -0.348 e. The van der Waals surface area contributed by atoms with Crippen LogP contribution in [0.4, 0.5) is 0 Å². The Morgan fingerprint density at radius 1 is 1.40 bits per heavy atom. The fraction of sp³-hybridized carbons (Fsp3) is 0.538. The first kappa shape index (κ1) is 16.6. The predicted octanol–water partition coefficient (Wildman–Crippen LogP) is 0.652. The van der Waals surface area contributed by atoms with Crippen LogP contribution in [0.5, 0.6) is 0 Å². The van der Waals surface area contributed by atoms with Gasteiger partial charge in [0.25, 0.3) is 5.91 Å². The molecule has 1 aromatic rings. The molecule has 3 N–H and O–H groups in total. The third-order valence-corrected chi connectivity index (χ3v) is 3.83. The first-order valence-electron chi connectivity index (χ1n) is 6.49. The van der Waals surface area contributed by atoms with E-state index in [-0.39, 0.29) is 11.8 Å². The molecule has 0 aromatic carbocycles. The van der Waals surface area contributed by atoms with Crippen molar-refractivity contribution in [2.75, 3.05) is 27.2 Å². The summed E-state index contributed by atoms with van der Waals surface area (Å²) in [6.45, 7) is 3.79. The Kier molecular flexibility index (Phi) is 6.63. The van der Waals surface area contributed by atoms with Crippen LogP contribution in [-0.4, -0.2) is 48.8 Å². The highest BCUT2D eigenvalue weighted by atomic mass is 32.1. The molecule has 112 valence electrons. The normalized spacial score (nSPS) is 10.7. The second kappa shape index (κ2) is 7.98. The number of amides is 2. The number of hydrazine groups is 1. The maximum Gasteiger partial charge on any atom is 0.275 e. The molecule has 1 rings (SSSR count). The number of hydrogen-bond acceptors (Lipinski definition) is 5. The number of thiophene rings is 1. The molecule has 6 nitrogen and oxygen atoms in total. The molecule has 20 heavy (non-hydrogen) atoms. The fourth-order valence-corrected chi connectivity index (χ4v) is 2.65. The van der Waals surface area contributed by atoms with Crippen molar-refractivity contribution in [1.82, 2.24) is 15.2 Å². The average Bonchev–Trinajstić information content (AvgIpc) is 2.86. The quantitative estimate of drug-likeness (QED) is 0.440. The molecule has 0 saturated carbocycles. The molecule has 0 fully saturated rings. The summed E-state index contributed by atoms with van der Waals surface area (Å²) in [5, 5.41) is 1.86. The van der Waals surface area contributed by atoms with Gasteiger partial charge in [-0.3, -0.25) is 19.9 Å². The van der Waals surface area contributed by atoms with E-state index in [2.05, 4.69) is 12.3 Å². The molecule has 1 aromatic heterocycles. The lowest BCUT2D eigenvalue weighted by Crippen LogP contribution is -2.37. The van der Waals surface area contributed by atoms with Gasteiger partial charge in [-0.05, 0) is 30.0 Å². The molecule has 0 aliphatic carbocycles. The van der Waals surface area contributed by atoms with Gasteiger partial charge in [0.15, 0.2) is 0 Å². The molecule has 2 amide bonds. The lowest BCUT2D eigenvalue weighted by atomic mass is 10.2. The minimum atomic E-state index is -0.287. The molecule has 0 bridgehead atoms. The lowest BCUT2D eigenvalue weighted by Gasteiger charge is -2.23. The summed E-state index contributed by atoms with van der Waals surface area (Å²) in [5.41, 5.74) is 3.05. The first-order valence-corrected chi connectivity index (χ1v) is 7.37. The van der Waals surface area contributed by atoms with E-state index in [1.54, 1.807) is 19.0 Å². The topological polar surface area (TPSA) is 78.7 Å². The Balaban J connectivity index is 2.78. The Bertz CT molecular complexity index is 459. The summed E-state index contributed by atoms with van der Waals surface area (Å²) in [4.78, 5) is 27.7. The van der Waals surface area contributed by atoms with E-state index in [0.717, 1.165) is 18.5 Å². The van der Waals surface area contributed by atoms with Crippen LogP contribution in [0, 0.1) is 0 Å². The number of nitrogens with two attached hydrogens (primary N) is 1. The van der Waals surface area contributed by atoms with Crippen LogP contribution in [0.3, 0.4) is 0 Å². The smallest absolute Gasteiger partial charge is 0.275 e. The Labute approximate surface area is 123 Å². The van der Waals surface area contributed by atoms with Gasteiger partial charge in [0.1, 0.15) is 0 Å². The zero-order chi connectivity index (χ0) is 15.1. The number of likely N-dealkylation sites (N-methyl/N-ethyl adjacent to an activating group) is 1. The first-order chi connectivity index (χ1) is 9.49. The van der Waals surface area contributed by atoms with Gasteiger partial charge in [0.05, 0.1) is 11.4 Å². The van der Waals surface area contributed by atoms with Crippen molar-refractivity contribution in [3.63, 3.8) is 0 Å². The average molecular weight is 298 g/mol. The maximum absolute atomic E-state index is 11.8. The molecule has 0 spiro atoms. The number of nitrogen functional groups attached to an aromatic ring is 1. The Hall–Kier alpha value is -1.44. The van der Waals surface area contributed by atoms with E-state index in [9.17, 15) is 9.59 Å². The molecule has 0 saturated heterocycles. The molecule has 0 radical (unpaired) electrons. The minimum absolute atomic E-state index is 0.0542. The second-order valence-electron chi connectivity index (χ2n) is 4.75. The zero-order valence-electron chi connectivity index (χ0n) is 12.2. The number of nitrogens with one attached hydrogen (secondary N) is 1. The third-order valence-electron chi connectivity index (χ3n) is 2.88. The third kappa shape index (κ3) is 4.59. The van der Waals surface area contributed by atoms with Gasteiger partial charge < -0.3 is 4.90 Å². The van der Waals surface area contributed by atoms with Crippen molar-refractivity contribution >= 4 is 23.2 Å². The summed E-state index contributed by atoms with van der Waals surface area (Å²) in [6, 6.07) is 1.90. The largest absolute Gasteiger partial charge is 0.348 e. The highest BCUT2D eigenvalue weighted by Crippen LogP contribution is 2.18. The summed E-state index contributed by atoms with van der Waals surface area (Å²) < 4.78 is 0. The van der Waals surface area contributed by atoms with E-state index < -0.39 is 0 Å². The number of carbonyl (C=O) groups excluding carboxylic acids is 2. The number of rotatable bonds is 7. The summed E-state index contributed by atoms with van der Waals surface area (Å²) in [5.74, 6) is 4.94. The van der Waals surface area contributed by atoms with Crippen LogP contribution in [0.2, 0.25) is 0 Å². The van der Waals surface area contributed by atoms with Crippen LogP contribution in [0.15, 0.2) is 11.4 Å². The van der Waals surface area contributed by atoms with E-state index in [4.69, 9.17) is 5.84 Å². The number of carbonyl (C=O) groups is 2.